The molecule has 2 nitrogen and oxygen atoms in total. The van der Waals surface area contributed by atoms with E-state index < -0.39 is 0 Å². The van der Waals surface area contributed by atoms with Crippen LogP contribution in [0.4, 0.5) is 11.4 Å². The molecule has 0 saturated heterocycles. The average molecular weight is 825 g/mol. The normalized spacial score (nSPS) is 15.3. The highest BCUT2D eigenvalue weighted by Gasteiger charge is 2.43. The second kappa shape index (κ2) is 15.9. The van der Waals surface area contributed by atoms with Crippen LogP contribution in [0.25, 0.3) is 77.2 Å². The Kier molecular flexibility index (Phi) is 9.55. The van der Waals surface area contributed by atoms with Gasteiger partial charge in [0.1, 0.15) is 0 Å². The van der Waals surface area contributed by atoms with E-state index in [0.29, 0.717) is 0 Å². The number of benzene rings is 9. The van der Waals surface area contributed by atoms with Crippen molar-refractivity contribution in [3.05, 3.63) is 216 Å². The van der Waals surface area contributed by atoms with Gasteiger partial charge < -0.3 is 9.47 Å². The van der Waals surface area contributed by atoms with Crippen LogP contribution in [0, 0.1) is 0 Å². The molecule has 0 spiro atoms. The molecule has 1 aliphatic heterocycles. The highest BCUT2D eigenvalue weighted by molar-refractivity contribution is 6.26. The van der Waals surface area contributed by atoms with Crippen molar-refractivity contribution in [3.63, 3.8) is 0 Å². The van der Waals surface area contributed by atoms with E-state index in [1.165, 1.54) is 136 Å². The maximum atomic E-state index is 2.61. The first-order valence-electron chi connectivity index (χ1n) is 23.5. The Morgan fingerprint density at radius 1 is 0.438 bits per heavy atom. The van der Waals surface area contributed by atoms with Crippen molar-refractivity contribution < 1.29 is 0 Å². The van der Waals surface area contributed by atoms with Crippen LogP contribution in [0.1, 0.15) is 73.4 Å². The molecule has 0 saturated carbocycles. The number of hydrogen-bond acceptors (Lipinski definition) is 1. The first-order chi connectivity index (χ1) is 31.7. The maximum absolute atomic E-state index is 2.61. The summed E-state index contributed by atoms with van der Waals surface area (Å²) in [6.07, 6.45) is 12.0. The van der Waals surface area contributed by atoms with Crippen molar-refractivity contribution in [2.45, 2.75) is 64.3 Å². The summed E-state index contributed by atoms with van der Waals surface area (Å²) in [5, 5.41) is 9.30. The Hall–Kier alpha value is -7.16. The van der Waals surface area contributed by atoms with Gasteiger partial charge in [0.15, 0.2) is 0 Å². The molecule has 2 heteroatoms. The van der Waals surface area contributed by atoms with E-state index in [0.717, 1.165) is 12.8 Å². The Labute approximate surface area is 376 Å². The zero-order chi connectivity index (χ0) is 42.7. The number of rotatable bonds is 10. The summed E-state index contributed by atoms with van der Waals surface area (Å²) in [6, 6.07) is 69.0. The number of hydrogen-bond donors (Lipinski definition) is 0. The van der Waals surface area contributed by atoms with Gasteiger partial charge in [-0.05, 0) is 151 Å². The molecule has 0 bridgehead atoms. The standard InChI is InChI=1S/C62H52N2/c1-3-5-14-41-24-27-43(28-25-41)45-16-13-17-46(39-45)44-29-31-47(32-30-44)63-57-22-11-9-20-53(57)61-59(63)36-37-60-62(61)54-21-10-12-23-58(54)64(60)48-33-35-52-51-34-26-42(15-6-4-2)38-55(51)49-18-7-8-19-50(49)56(52)40-48/h7-13,16-40,60,62H,3-6,14-15H2,1-2H3. The number of fused-ring (bicyclic) bond motifs is 13. The van der Waals surface area contributed by atoms with Gasteiger partial charge in [-0.2, -0.15) is 0 Å². The van der Waals surface area contributed by atoms with Crippen molar-refractivity contribution in [3.8, 4) is 27.9 Å². The highest BCUT2D eigenvalue weighted by Crippen LogP contribution is 2.54. The van der Waals surface area contributed by atoms with Crippen LogP contribution in [0.3, 0.4) is 0 Å². The SMILES string of the molecule is CCCCc1ccc(-c2cccc(-c3ccc(-n4c5c(c6ccccc64)C4c6ccccc6N(c6ccc7c8ccc(CCCC)cc8c8ccccc8c7c6)C4C=C5)cc3)c2)cc1. The fraction of sp³-hybridized carbons (Fsp3) is 0.161. The maximum Gasteiger partial charge on any atom is 0.0637 e. The number of unbranched alkanes of at least 4 members (excludes halogenated alkanes) is 2. The molecule has 1 aromatic heterocycles. The number of aryl methyl sites for hydroxylation is 2. The van der Waals surface area contributed by atoms with Gasteiger partial charge in [-0.25, -0.2) is 0 Å². The van der Waals surface area contributed by atoms with Crippen LogP contribution in [-0.2, 0) is 12.8 Å². The van der Waals surface area contributed by atoms with E-state index in [4.69, 9.17) is 0 Å². The predicted octanol–water partition coefficient (Wildman–Crippen LogP) is 16.8. The topological polar surface area (TPSA) is 8.17 Å². The smallest absolute Gasteiger partial charge is 0.0637 e. The summed E-state index contributed by atoms with van der Waals surface area (Å²) >= 11 is 0. The quantitative estimate of drug-likeness (QED) is 0.125. The van der Waals surface area contributed by atoms with Crippen molar-refractivity contribution in [2.24, 2.45) is 0 Å². The summed E-state index contributed by atoms with van der Waals surface area (Å²) < 4.78 is 2.49. The first kappa shape index (κ1) is 38.5. The van der Waals surface area contributed by atoms with E-state index in [9.17, 15) is 0 Å². The summed E-state index contributed by atoms with van der Waals surface area (Å²) in [7, 11) is 0. The summed E-state index contributed by atoms with van der Waals surface area (Å²) in [4.78, 5) is 2.61. The minimum absolute atomic E-state index is 0.136. The molecule has 0 amide bonds. The number of para-hydroxylation sites is 2. The molecule has 2 atom stereocenters. The van der Waals surface area contributed by atoms with Crippen LogP contribution in [0.2, 0.25) is 0 Å². The third kappa shape index (κ3) is 6.30. The monoisotopic (exact) mass is 824 g/mol. The lowest BCUT2D eigenvalue weighted by Gasteiger charge is -2.31. The van der Waals surface area contributed by atoms with Crippen molar-refractivity contribution in [1.82, 2.24) is 4.57 Å². The van der Waals surface area contributed by atoms with E-state index in [1.54, 1.807) is 0 Å². The van der Waals surface area contributed by atoms with E-state index in [2.05, 4.69) is 217 Å². The Morgan fingerprint density at radius 3 is 1.75 bits per heavy atom. The van der Waals surface area contributed by atoms with Crippen LogP contribution >= 0.6 is 0 Å². The number of nitrogens with zero attached hydrogens (tertiary/aromatic N) is 2. The van der Waals surface area contributed by atoms with Crippen LogP contribution < -0.4 is 4.90 Å². The number of anilines is 2. The average Bonchev–Trinajstić information content (AvgIpc) is 3.88. The Bertz CT molecular complexity index is 3400. The van der Waals surface area contributed by atoms with Gasteiger partial charge in [-0.3, -0.25) is 0 Å². The second-order valence-electron chi connectivity index (χ2n) is 18.1. The van der Waals surface area contributed by atoms with Crippen molar-refractivity contribution >= 4 is 60.7 Å². The van der Waals surface area contributed by atoms with Gasteiger partial charge >= 0.3 is 0 Å². The third-order valence-corrected chi connectivity index (χ3v) is 14.3. The fourth-order valence-electron chi connectivity index (χ4n) is 11.1. The van der Waals surface area contributed by atoms with Gasteiger partial charge in [0, 0.05) is 28.4 Å². The van der Waals surface area contributed by atoms with Gasteiger partial charge in [-0.1, -0.05) is 172 Å². The minimum Gasteiger partial charge on any atom is -0.333 e. The van der Waals surface area contributed by atoms with Crippen LogP contribution in [-0.4, -0.2) is 10.6 Å². The molecule has 0 fully saturated rings. The molecular weight excluding hydrogens is 773 g/mol. The van der Waals surface area contributed by atoms with Gasteiger partial charge in [-0.15, -0.1) is 0 Å². The van der Waals surface area contributed by atoms with Crippen molar-refractivity contribution in [2.75, 3.05) is 4.90 Å². The third-order valence-electron chi connectivity index (χ3n) is 14.3. The lowest BCUT2D eigenvalue weighted by Crippen LogP contribution is -2.30. The lowest BCUT2D eigenvalue weighted by atomic mass is 9.82. The Morgan fingerprint density at radius 2 is 1.02 bits per heavy atom. The van der Waals surface area contributed by atoms with Crippen LogP contribution in [0.15, 0.2) is 188 Å². The molecule has 1 aliphatic carbocycles. The molecule has 12 rings (SSSR count). The van der Waals surface area contributed by atoms with Gasteiger partial charge in [0.2, 0.25) is 0 Å². The first-order valence-corrected chi connectivity index (χ1v) is 23.5. The van der Waals surface area contributed by atoms with Crippen LogP contribution in [0.5, 0.6) is 0 Å². The molecule has 2 aliphatic rings. The largest absolute Gasteiger partial charge is 0.333 e. The van der Waals surface area contributed by atoms with Gasteiger partial charge in [0.05, 0.1) is 17.3 Å². The molecule has 64 heavy (non-hydrogen) atoms. The molecule has 9 aromatic carbocycles. The van der Waals surface area contributed by atoms with Crippen molar-refractivity contribution in [1.29, 1.82) is 0 Å². The van der Waals surface area contributed by atoms with E-state index in [-0.39, 0.29) is 12.0 Å². The molecule has 2 unspecified atom stereocenters. The van der Waals surface area contributed by atoms with E-state index in [1.807, 2.05) is 0 Å². The second-order valence-corrected chi connectivity index (χ2v) is 18.1. The molecule has 2 heterocycles. The summed E-state index contributed by atoms with van der Waals surface area (Å²) in [5.41, 5.74) is 16.8. The van der Waals surface area contributed by atoms with Gasteiger partial charge in [0.25, 0.3) is 0 Å². The molecular formula is C62H52N2. The summed E-state index contributed by atoms with van der Waals surface area (Å²) in [5.74, 6) is 0.177. The lowest BCUT2D eigenvalue weighted by molar-refractivity contribution is 0.726. The molecule has 0 radical (unpaired) electrons. The number of aromatic nitrogens is 1. The minimum atomic E-state index is 0.136. The fourth-order valence-corrected chi connectivity index (χ4v) is 11.1. The van der Waals surface area contributed by atoms with E-state index >= 15 is 0 Å². The highest BCUT2D eigenvalue weighted by atomic mass is 15.2. The molecule has 0 N–H and O–H groups in total. The Balaban J connectivity index is 0.928. The zero-order valence-electron chi connectivity index (χ0n) is 36.8. The zero-order valence-corrected chi connectivity index (χ0v) is 36.8. The predicted molar refractivity (Wildman–Crippen MR) is 274 cm³/mol. The molecule has 310 valence electrons. The molecule has 10 aromatic rings. The summed E-state index contributed by atoms with van der Waals surface area (Å²) in [6.45, 7) is 4.53.